The monoisotopic (exact) mass is 409 g/mol. The van der Waals surface area contributed by atoms with Gasteiger partial charge in [-0.15, -0.1) is 10.2 Å². The highest BCUT2D eigenvalue weighted by molar-refractivity contribution is 6.05. The summed E-state index contributed by atoms with van der Waals surface area (Å²) in [6.07, 6.45) is 3.60. The van der Waals surface area contributed by atoms with Crippen LogP contribution in [0.25, 0.3) is 5.65 Å². The van der Waals surface area contributed by atoms with Gasteiger partial charge in [0, 0.05) is 44.1 Å². The van der Waals surface area contributed by atoms with Crippen molar-refractivity contribution in [3.8, 4) is 5.75 Å². The van der Waals surface area contributed by atoms with E-state index in [1.165, 1.54) is 0 Å². The molecule has 0 unspecified atom stereocenters. The average molecular weight is 409 g/mol. The van der Waals surface area contributed by atoms with Gasteiger partial charge in [0.1, 0.15) is 11.4 Å². The van der Waals surface area contributed by atoms with Crippen LogP contribution < -0.4 is 20.3 Å². The normalized spacial score (nSPS) is 16.7. The first-order valence-corrected chi connectivity index (χ1v) is 10.2. The highest BCUT2D eigenvalue weighted by Gasteiger charge is 2.20. The number of fused-ring (bicyclic) bond motifs is 1. The number of anilines is 2. The molecular weight excluding hydrogens is 382 g/mol. The first-order chi connectivity index (χ1) is 14.4. The predicted octanol–water partition coefficient (Wildman–Crippen LogP) is 2.19. The van der Waals surface area contributed by atoms with E-state index in [4.69, 9.17) is 4.74 Å². The Bertz CT molecular complexity index is 1080. The second-order valence-electron chi connectivity index (χ2n) is 7.62. The Balaban J connectivity index is 1.57. The van der Waals surface area contributed by atoms with E-state index >= 15 is 0 Å². The fraction of sp³-hybridized carbons (Fsp3) is 0.429. The molecule has 158 valence electrons. The van der Waals surface area contributed by atoms with Gasteiger partial charge >= 0.3 is 0 Å². The number of nitrogens with zero attached hydrogens (tertiary/aromatic N) is 5. The number of piperazine rings is 1. The number of amides is 1. The molecule has 1 saturated heterocycles. The third-order valence-electron chi connectivity index (χ3n) is 5.09. The molecule has 1 atom stereocenters. The van der Waals surface area contributed by atoms with Gasteiger partial charge in [-0.25, -0.2) is 4.98 Å². The maximum absolute atomic E-state index is 13.0. The fourth-order valence-electron chi connectivity index (χ4n) is 3.75. The van der Waals surface area contributed by atoms with E-state index in [1.807, 2.05) is 37.4 Å². The Kier molecular flexibility index (Phi) is 5.54. The molecule has 4 heterocycles. The van der Waals surface area contributed by atoms with Gasteiger partial charge in [-0.3, -0.25) is 4.79 Å². The molecule has 9 nitrogen and oxygen atoms in total. The van der Waals surface area contributed by atoms with Crippen molar-refractivity contribution in [2.45, 2.75) is 33.7 Å². The van der Waals surface area contributed by atoms with Crippen LogP contribution in [0.5, 0.6) is 5.75 Å². The Morgan fingerprint density at radius 3 is 2.87 bits per heavy atom. The minimum Gasteiger partial charge on any atom is -0.493 e. The molecule has 0 aliphatic carbocycles. The number of rotatable bonds is 5. The number of nitrogens with one attached hydrogen (secondary N) is 2. The van der Waals surface area contributed by atoms with Gasteiger partial charge in [-0.05, 0) is 39.3 Å². The van der Waals surface area contributed by atoms with Gasteiger partial charge in [0.15, 0.2) is 11.6 Å². The lowest BCUT2D eigenvalue weighted by Crippen LogP contribution is -2.49. The Morgan fingerprint density at radius 2 is 2.13 bits per heavy atom. The van der Waals surface area contributed by atoms with E-state index < -0.39 is 0 Å². The van der Waals surface area contributed by atoms with Gasteiger partial charge in [0.2, 0.25) is 0 Å². The van der Waals surface area contributed by atoms with Crippen LogP contribution in [0, 0.1) is 13.8 Å². The van der Waals surface area contributed by atoms with E-state index in [9.17, 15) is 4.79 Å². The van der Waals surface area contributed by atoms with Gasteiger partial charge in [-0.2, -0.15) is 0 Å². The van der Waals surface area contributed by atoms with Crippen LogP contribution in [0.3, 0.4) is 0 Å². The van der Waals surface area contributed by atoms with Crippen molar-refractivity contribution in [1.82, 2.24) is 24.9 Å². The van der Waals surface area contributed by atoms with E-state index in [1.54, 1.807) is 12.3 Å². The summed E-state index contributed by atoms with van der Waals surface area (Å²) in [5.74, 6) is 1.45. The number of aromatic nitrogens is 4. The Hall–Kier alpha value is -3.20. The van der Waals surface area contributed by atoms with Gasteiger partial charge < -0.3 is 24.7 Å². The van der Waals surface area contributed by atoms with Crippen LogP contribution in [0.4, 0.5) is 11.6 Å². The van der Waals surface area contributed by atoms with Gasteiger partial charge in [0.05, 0.1) is 17.9 Å². The third-order valence-corrected chi connectivity index (χ3v) is 5.09. The van der Waals surface area contributed by atoms with E-state index in [2.05, 4.69) is 37.6 Å². The van der Waals surface area contributed by atoms with Crippen molar-refractivity contribution in [3.63, 3.8) is 0 Å². The fourth-order valence-corrected chi connectivity index (χ4v) is 3.75. The number of aryl methyl sites for hydroxylation is 2. The number of imidazole rings is 1. The van der Waals surface area contributed by atoms with Gasteiger partial charge in [-0.1, -0.05) is 0 Å². The summed E-state index contributed by atoms with van der Waals surface area (Å²) in [7, 11) is 0. The van der Waals surface area contributed by atoms with Crippen LogP contribution in [0.1, 0.15) is 35.5 Å². The lowest BCUT2D eigenvalue weighted by Gasteiger charge is -2.33. The molecule has 3 aromatic rings. The minimum absolute atomic E-state index is 0.302. The zero-order chi connectivity index (χ0) is 21.3. The topological polar surface area (TPSA) is 96.7 Å². The maximum Gasteiger partial charge on any atom is 0.262 e. The zero-order valence-electron chi connectivity index (χ0n) is 17.8. The second kappa shape index (κ2) is 8.27. The molecule has 1 aliphatic heterocycles. The summed E-state index contributed by atoms with van der Waals surface area (Å²) in [6, 6.07) is 4.03. The van der Waals surface area contributed by atoms with Crippen molar-refractivity contribution < 1.29 is 9.53 Å². The number of hydrogen-bond acceptors (Lipinski definition) is 7. The Morgan fingerprint density at radius 1 is 1.30 bits per heavy atom. The maximum atomic E-state index is 13.0. The lowest BCUT2D eigenvalue weighted by molar-refractivity contribution is 0.102. The summed E-state index contributed by atoms with van der Waals surface area (Å²) < 4.78 is 7.50. The molecule has 0 aromatic carbocycles. The largest absolute Gasteiger partial charge is 0.493 e. The minimum atomic E-state index is -0.302. The summed E-state index contributed by atoms with van der Waals surface area (Å²) in [5.41, 5.74) is 2.99. The first-order valence-electron chi connectivity index (χ1n) is 10.2. The number of pyridine rings is 1. The number of ether oxygens (including phenoxy) is 1. The molecule has 4 rings (SSSR count). The highest BCUT2D eigenvalue weighted by Crippen LogP contribution is 2.24. The van der Waals surface area contributed by atoms with E-state index in [0.717, 1.165) is 42.4 Å². The third kappa shape index (κ3) is 4.06. The second-order valence-corrected chi connectivity index (χ2v) is 7.62. The SMILES string of the molecule is CCOc1cc2nc(C)cn2cc1C(=O)Nc1cc(C)c(N2CCN[C@@H](C)C2)nn1. The molecule has 2 N–H and O–H groups in total. The molecule has 30 heavy (non-hydrogen) atoms. The van der Waals surface area contributed by atoms with Crippen molar-refractivity contribution in [2.75, 3.05) is 36.5 Å². The van der Waals surface area contributed by atoms with Crippen LogP contribution >= 0.6 is 0 Å². The first kappa shape index (κ1) is 20.1. The number of carbonyl (C=O) groups excluding carboxylic acids is 1. The molecule has 1 fully saturated rings. The number of carbonyl (C=O) groups is 1. The average Bonchev–Trinajstić information content (AvgIpc) is 3.06. The predicted molar refractivity (Wildman–Crippen MR) is 115 cm³/mol. The highest BCUT2D eigenvalue weighted by atomic mass is 16.5. The molecule has 0 spiro atoms. The molecular formula is C21H27N7O2. The molecule has 1 amide bonds. The summed E-state index contributed by atoms with van der Waals surface area (Å²) >= 11 is 0. The summed E-state index contributed by atoms with van der Waals surface area (Å²) in [6.45, 7) is 11.1. The summed E-state index contributed by atoms with van der Waals surface area (Å²) in [5, 5.41) is 14.9. The lowest BCUT2D eigenvalue weighted by atomic mass is 10.2. The van der Waals surface area contributed by atoms with Crippen molar-refractivity contribution >= 4 is 23.2 Å². The molecule has 1 aliphatic rings. The van der Waals surface area contributed by atoms with E-state index in [-0.39, 0.29) is 5.91 Å². The van der Waals surface area contributed by atoms with Crippen molar-refractivity contribution in [1.29, 1.82) is 0 Å². The molecule has 0 saturated carbocycles. The molecule has 0 radical (unpaired) electrons. The van der Waals surface area contributed by atoms with E-state index in [0.29, 0.717) is 29.8 Å². The van der Waals surface area contributed by atoms with Crippen LogP contribution in [0.2, 0.25) is 0 Å². The smallest absolute Gasteiger partial charge is 0.262 e. The van der Waals surface area contributed by atoms with Crippen molar-refractivity contribution in [3.05, 3.63) is 41.3 Å². The van der Waals surface area contributed by atoms with Crippen LogP contribution in [0.15, 0.2) is 24.5 Å². The van der Waals surface area contributed by atoms with Crippen LogP contribution in [-0.2, 0) is 0 Å². The number of hydrogen-bond donors (Lipinski definition) is 2. The molecule has 9 heteroatoms. The Labute approximate surface area is 175 Å². The quantitative estimate of drug-likeness (QED) is 0.667. The van der Waals surface area contributed by atoms with Gasteiger partial charge in [0.25, 0.3) is 5.91 Å². The standard InChI is InChI=1S/C21H27N7O2/c1-5-30-17-9-19-23-15(4)11-28(19)12-16(17)21(29)24-18-8-13(2)20(26-25-18)27-7-6-22-14(3)10-27/h8-9,11-12,14,22H,5-7,10H2,1-4H3,(H,24,25,29)/t14-/m0/s1. The summed E-state index contributed by atoms with van der Waals surface area (Å²) in [4.78, 5) is 19.6. The molecule has 3 aromatic heterocycles. The van der Waals surface area contributed by atoms with Crippen LogP contribution in [-0.4, -0.2) is 57.8 Å². The van der Waals surface area contributed by atoms with Crippen molar-refractivity contribution in [2.24, 2.45) is 0 Å². The zero-order valence-corrected chi connectivity index (χ0v) is 17.8. The molecule has 0 bridgehead atoms.